The quantitative estimate of drug-likeness (QED) is 0.819. The minimum Gasteiger partial charge on any atom is -0.298 e. The highest BCUT2D eigenvalue weighted by molar-refractivity contribution is 6.30. The Bertz CT molecular complexity index is 384. The monoisotopic (exact) mass is 251 g/mol. The SMILES string of the molecule is Clc1ccnc(CN2CCN(C3CC3)CC2)c1. The van der Waals surface area contributed by atoms with Crippen LogP contribution in [0.2, 0.25) is 5.02 Å². The van der Waals surface area contributed by atoms with Gasteiger partial charge in [0.15, 0.2) is 0 Å². The molecule has 0 unspecified atom stereocenters. The first kappa shape index (κ1) is 11.5. The number of hydrogen-bond acceptors (Lipinski definition) is 3. The first-order valence-electron chi connectivity index (χ1n) is 6.38. The van der Waals surface area contributed by atoms with Gasteiger partial charge >= 0.3 is 0 Å². The van der Waals surface area contributed by atoms with Crippen molar-refractivity contribution >= 4 is 11.6 Å². The lowest BCUT2D eigenvalue weighted by molar-refractivity contribution is 0.120. The summed E-state index contributed by atoms with van der Waals surface area (Å²) in [5.41, 5.74) is 1.08. The largest absolute Gasteiger partial charge is 0.298 e. The van der Waals surface area contributed by atoms with Crippen LogP contribution in [-0.2, 0) is 6.54 Å². The lowest BCUT2D eigenvalue weighted by Crippen LogP contribution is -2.46. The lowest BCUT2D eigenvalue weighted by Gasteiger charge is -2.34. The Labute approximate surface area is 107 Å². The molecule has 2 heterocycles. The zero-order chi connectivity index (χ0) is 11.7. The van der Waals surface area contributed by atoms with Gasteiger partial charge in [0, 0.05) is 50.0 Å². The Morgan fingerprint density at radius 1 is 1.24 bits per heavy atom. The van der Waals surface area contributed by atoms with Crippen LogP contribution in [0.3, 0.4) is 0 Å². The van der Waals surface area contributed by atoms with E-state index in [0.717, 1.165) is 36.4 Å². The van der Waals surface area contributed by atoms with E-state index in [-0.39, 0.29) is 0 Å². The highest BCUT2D eigenvalue weighted by Gasteiger charge is 2.31. The number of hydrogen-bond donors (Lipinski definition) is 0. The summed E-state index contributed by atoms with van der Waals surface area (Å²) in [6.07, 6.45) is 4.61. The Kier molecular flexibility index (Phi) is 3.32. The molecule has 1 saturated heterocycles. The van der Waals surface area contributed by atoms with E-state index in [1.807, 2.05) is 12.1 Å². The van der Waals surface area contributed by atoms with Gasteiger partial charge in [-0.15, -0.1) is 0 Å². The zero-order valence-corrected chi connectivity index (χ0v) is 10.7. The highest BCUT2D eigenvalue weighted by Crippen LogP contribution is 2.27. The second-order valence-electron chi connectivity index (χ2n) is 5.01. The van der Waals surface area contributed by atoms with E-state index in [9.17, 15) is 0 Å². The third-order valence-electron chi connectivity index (χ3n) is 3.63. The molecule has 0 radical (unpaired) electrons. The average molecular weight is 252 g/mol. The fourth-order valence-electron chi connectivity index (χ4n) is 2.49. The van der Waals surface area contributed by atoms with E-state index in [1.54, 1.807) is 6.20 Å². The van der Waals surface area contributed by atoms with Crippen LogP contribution in [0.25, 0.3) is 0 Å². The maximum absolute atomic E-state index is 5.97. The van der Waals surface area contributed by atoms with E-state index < -0.39 is 0 Å². The molecule has 2 aliphatic rings. The highest BCUT2D eigenvalue weighted by atomic mass is 35.5. The summed E-state index contributed by atoms with van der Waals surface area (Å²) in [5.74, 6) is 0. The van der Waals surface area contributed by atoms with Crippen LogP contribution in [0, 0.1) is 0 Å². The average Bonchev–Trinajstić information content (AvgIpc) is 3.14. The summed E-state index contributed by atoms with van der Waals surface area (Å²) < 4.78 is 0. The summed E-state index contributed by atoms with van der Waals surface area (Å²) >= 11 is 5.97. The van der Waals surface area contributed by atoms with E-state index in [2.05, 4.69) is 14.8 Å². The number of nitrogens with zero attached hydrogens (tertiary/aromatic N) is 3. The number of rotatable bonds is 3. The Hall–Kier alpha value is -0.640. The molecule has 0 amide bonds. The molecule has 1 aromatic heterocycles. The van der Waals surface area contributed by atoms with Crippen LogP contribution in [0.4, 0.5) is 0 Å². The van der Waals surface area contributed by atoms with Crippen molar-refractivity contribution in [1.29, 1.82) is 0 Å². The first-order valence-corrected chi connectivity index (χ1v) is 6.76. The summed E-state index contributed by atoms with van der Waals surface area (Å²) in [6.45, 7) is 5.67. The summed E-state index contributed by atoms with van der Waals surface area (Å²) in [6, 6.07) is 4.70. The second-order valence-corrected chi connectivity index (χ2v) is 5.45. The number of piperazine rings is 1. The van der Waals surface area contributed by atoms with Crippen LogP contribution >= 0.6 is 11.6 Å². The summed E-state index contributed by atoms with van der Waals surface area (Å²) in [5, 5.41) is 0.784. The number of pyridine rings is 1. The van der Waals surface area contributed by atoms with Crippen molar-refractivity contribution in [2.75, 3.05) is 26.2 Å². The van der Waals surface area contributed by atoms with Crippen LogP contribution in [0.5, 0.6) is 0 Å². The molecule has 0 atom stereocenters. The van der Waals surface area contributed by atoms with E-state index in [4.69, 9.17) is 11.6 Å². The Balaban J connectivity index is 1.53. The predicted octanol–water partition coefficient (Wildman–Crippen LogP) is 2.01. The van der Waals surface area contributed by atoms with E-state index >= 15 is 0 Å². The molecule has 0 bridgehead atoms. The van der Waals surface area contributed by atoms with Gasteiger partial charge in [0.2, 0.25) is 0 Å². The molecule has 1 aliphatic heterocycles. The van der Waals surface area contributed by atoms with Crippen molar-refractivity contribution in [3.05, 3.63) is 29.0 Å². The van der Waals surface area contributed by atoms with Crippen LogP contribution in [0.1, 0.15) is 18.5 Å². The Morgan fingerprint density at radius 2 is 2.00 bits per heavy atom. The molecule has 1 aromatic rings. The molecule has 92 valence electrons. The Morgan fingerprint density at radius 3 is 2.65 bits per heavy atom. The molecule has 0 N–H and O–H groups in total. The molecule has 1 aliphatic carbocycles. The van der Waals surface area contributed by atoms with Gasteiger partial charge in [0.1, 0.15) is 0 Å². The second kappa shape index (κ2) is 4.92. The smallest absolute Gasteiger partial charge is 0.0558 e. The van der Waals surface area contributed by atoms with Crippen LogP contribution < -0.4 is 0 Å². The van der Waals surface area contributed by atoms with Crippen molar-refractivity contribution in [1.82, 2.24) is 14.8 Å². The van der Waals surface area contributed by atoms with Crippen LogP contribution in [-0.4, -0.2) is 47.0 Å². The van der Waals surface area contributed by atoms with Crippen molar-refractivity contribution in [3.8, 4) is 0 Å². The normalized spacial score (nSPS) is 22.9. The zero-order valence-electron chi connectivity index (χ0n) is 9.98. The van der Waals surface area contributed by atoms with Crippen molar-refractivity contribution in [2.45, 2.75) is 25.4 Å². The molecular weight excluding hydrogens is 234 g/mol. The fourth-order valence-corrected chi connectivity index (χ4v) is 2.67. The third-order valence-corrected chi connectivity index (χ3v) is 3.87. The maximum atomic E-state index is 5.97. The molecule has 4 heteroatoms. The minimum absolute atomic E-state index is 0.784. The predicted molar refractivity (Wildman–Crippen MR) is 69.1 cm³/mol. The van der Waals surface area contributed by atoms with Gasteiger partial charge in [-0.25, -0.2) is 0 Å². The van der Waals surface area contributed by atoms with E-state index in [1.165, 1.54) is 25.9 Å². The topological polar surface area (TPSA) is 19.4 Å². The van der Waals surface area contributed by atoms with Crippen LogP contribution in [0.15, 0.2) is 18.3 Å². The van der Waals surface area contributed by atoms with Crippen molar-refractivity contribution in [3.63, 3.8) is 0 Å². The standard InChI is InChI=1S/C13H18ClN3/c14-11-3-4-15-12(9-11)10-16-5-7-17(8-6-16)13-1-2-13/h3-4,9,13H,1-2,5-8,10H2. The molecule has 17 heavy (non-hydrogen) atoms. The van der Waals surface area contributed by atoms with Gasteiger partial charge < -0.3 is 0 Å². The summed E-state index contributed by atoms with van der Waals surface area (Å²) in [4.78, 5) is 9.46. The molecule has 2 fully saturated rings. The first-order chi connectivity index (χ1) is 8.31. The van der Waals surface area contributed by atoms with Gasteiger partial charge in [-0.05, 0) is 25.0 Å². The molecule has 1 saturated carbocycles. The van der Waals surface area contributed by atoms with Crippen molar-refractivity contribution in [2.24, 2.45) is 0 Å². The lowest BCUT2D eigenvalue weighted by atomic mass is 10.2. The molecular formula is C13H18ClN3. The fraction of sp³-hybridized carbons (Fsp3) is 0.615. The third kappa shape index (κ3) is 2.97. The molecule has 3 nitrogen and oxygen atoms in total. The van der Waals surface area contributed by atoms with Crippen molar-refractivity contribution < 1.29 is 0 Å². The van der Waals surface area contributed by atoms with Gasteiger partial charge in [0.25, 0.3) is 0 Å². The number of aromatic nitrogens is 1. The molecule has 0 aromatic carbocycles. The van der Waals surface area contributed by atoms with Gasteiger partial charge in [-0.2, -0.15) is 0 Å². The summed E-state index contributed by atoms with van der Waals surface area (Å²) in [7, 11) is 0. The molecule has 3 rings (SSSR count). The van der Waals surface area contributed by atoms with E-state index in [0.29, 0.717) is 0 Å². The molecule has 0 spiro atoms. The van der Waals surface area contributed by atoms with Gasteiger partial charge in [0.05, 0.1) is 5.69 Å². The van der Waals surface area contributed by atoms with Gasteiger partial charge in [-0.1, -0.05) is 11.6 Å². The van der Waals surface area contributed by atoms with Gasteiger partial charge in [-0.3, -0.25) is 14.8 Å². The maximum Gasteiger partial charge on any atom is 0.0558 e. The minimum atomic E-state index is 0.784. The number of halogens is 1.